The van der Waals surface area contributed by atoms with Crippen LogP contribution in [0.3, 0.4) is 0 Å². The Balaban J connectivity index is 1.66. The Kier molecular flexibility index (Phi) is 5.58. The van der Waals surface area contributed by atoms with Crippen molar-refractivity contribution in [1.29, 1.82) is 0 Å². The van der Waals surface area contributed by atoms with Gasteiger partial charge >= 0.3 is 0 Å². The molecule has 1 aromatic heterocycles. The van der Waals surface area contributed by atoms with Gasteiger partial charge in [0.2, 0.25) is 5.91 Å². The van der Waals surface area contributed by atoms with E-state index in [9.17, 15) is 4.79 Å². The van der Waals surface area contributed by atoms with Crippen molar-refractivity contribution in [2.24, 2.45) is 0 Å². The van der Waals surface area contributed by atoms with Crippen molar-refractivity contribution in [3.63, 3.8) is 0 Å². The standard InChI is InChI=1S/C16H18N2O3/c1-20-14-4-6-15(7-5-14)21-10-9-18-16(19)11-13-3-2-8-17-12-13/h2-8,12H,9-11H2,1H3,(H,18,19). The number of pyridine rings is 1. The lowest BCUT2D eigenvalue weighted by Gasteiger charge is -2.08. The topological polar surface area (TPSA) is 60.5 Å². The first-order valence-corrected chi connectivity index (χ1v) is 6.70. The minimum Gasteiger partial charge on any atom is -0.497 e. The number of aromatic nitrogens is 1. The smallest absolute Gasteiger partial charge is 0.224 e. The summed E-state index contributed by atoms with van der Waals surface area (Å²) < 4.78 is 10.6. The van der Waals surface area contributed by atoms with Crippen LogP contribution in [-0.4, -0.2) is 31.2 Å². The summed E-state index contributed by atoms with van der Waals surface area (Å²) >= 11 is 0. The fourth-order valence-electron chi connectivity index (χ4n) is 1.78. The van der Waals surface area contributed by atoms with Crippen LogP contribution in [0.1, 0.15) is 5.56 Å². The largest absolute Gasteiger partial charge is 0.497 e. The molecule has 0 aliphatic heterocycles. The molecule has 21 heavy (non-hydrogen) atoms. The van der Waals surface area contributed by atoms with E-state index in [0.29, 0.717) is 19.6 Å². The molecule has 5 heteroatoms. The van der Waals surface area contributed by atoms with E-state index in [2.05, 4.69) is 10.3 Å². The highest BCUT2D eigenvalue weighted by molar-refractivity contribution is 5.78. The normalized spacial score (nSPS) is 9.95. The highest BCUT2D eigenvalue weighted by atomic mass is 16.5. The van der Waals surface area contributed by atoms with Crippen LogP contribution >= 0.6 is 0 Å². The second-order valence-electron chi connectivity index (χ2n) is 4.41. The molecule has 0 fully saturated rings. The third kappa shape index (κ3) is 5.14. The average Bonchev–Trinajstić information content (AvgIpc) is 2.53. The quantitative estimate of drug-likeness (QED) is 0.789. The van der Waals surface area contributed by atoms with Gasteiger partial charge in [-0.3, -0.25) is 9.78 Å². The predicted octanol–water partition coefficient (Wildman–Crippen LogP) is 1.83. The van der Waals surface area contributed by atoms with Crippen molar-refractivity contribution in [3.8, 4) is 11.5 Å². The first-order chi connectivity index (χ1) is 10.3. The van der Waals surface area contributed by atoms with Gasteiger partial charge in [-0.25, -0.2) is 0 Å². The van der Waals surface area contributed by atoms with Gasteiger partial charge in [-0.1, -0.05) is 6.07 Å². The van der Waals surface area contributed by atoms with E-state index in [1.807, 2.05) is 36.4 Å². The summed E-state index contributed by atoms with van der Waals surface area (Å²) in [7, 11) is 1.62. The Morgan fingerprint density at radius 3 is 2.62 bits per heavy atom. The van der Waals surface area contributed by atoms with E-state index in [4.69, 9.17) is 9.47 Å². The lowest BCUT2D eigenvalue weighted by atomic mass is 10.2. The Bertz CT molecular complexity index is 555. The minimum atomic E-state index is -0.0404. The molecule has 0 aliphatic carbocycles. The van der Waals surface area contributed by atoms with Gasteiger partial charge in [0.15, 0.2) is 0 Å². The molecule has 5 nitrogen and oxygen atoms in total. The van der Waals surface area contributed by atoms with E-state index >= 15 is 0 Å². The van der Waals surface area contributed by atoms with Crippen molar-refractivity contribution in [2.75, 3.05) is 20.3 Å². The molecule has 0 saturated carbocycles. The molecule has 1 N–H and O–H groups in total. The van der Waals surface area contributed by atoms with Crippen molar-refractivity contribution < 1.29 is 14.3 Å². The fraction of sp³-hybridized carbons (Fsp3) is 0.250. The maximum Gasteiger partial charge on any atom is 0.224 e. The minimum absolute atomic E-state index is 0.0404. The average molecular weight is 286 g/mol. The first-order valence-electron chi connectivity index (χ1n) is 6.70. The number of nitrogens with zero attached hydrogens (tertiary/aromatic N) is 1. The molecule has 0 aliphatic rings. The summed E-state index contributed by atoms with van der Waals surface area (Å²) in [5.74, 6) is 1.49. The van der Waals surface area contributed by atoms with Gasteiger partial charge < -0.3 is 14.8 Å². The second kappa shape index (κ2) is 7.89. The Morgan fingerprint density at radius 1 is 1.19 bits per heavy atom. The number of rotatable bonds is 7. The summed E-state index contributed by atoms with van der Waals surface area (Å²) in [6, 6.07) is 11.0. The number of hydrogen-bond acceptors (Lipinski definition) is 4. The van der Waals surface area contributed by atoms with Gasteiger partial charge in [0.1, 0.15) is 18.1 Å². The van der Waals surface area contributed by atoms with Gasteiger partial charge in [-0.2, -0.15) is 0 Å². The predicted molar refractivity (Wildman–Crippen MR) is 79.4 cm³/mol. The number of nitrogens with one attached hydrogen (secondary N) is 1. The monoisotopic (exact) mass is 286 g/mol. The zero-order valence-electron chi connectivity index (χ0n) is 11.9. The molecule has 1 aromatic carbocycles. The van der Waals surface area contributed by atoms with Crippen molar-refractivity contribution >= 4 is 5.91 Å². The summed E-state index contributed by atoms with van der Waals surface area (Å²) in [5.41, 5.74) is 0.895. The molecule has 0 atom stereocenters. The molecule has 2 rings (SSSR count). The van der Waals surface area contributed by atoms with Crippen LogP contribution in [0.25, 0.3) is 0 Å². The molecule has 110 valence electrons. The molecule has 1 amide bonds. The summed E-state index contributed by atoms with van der Waals surface area (Å²) in [6.45, 7) is 0.885. The molecular formula is C16H18N2O3. The lowest BCUT2D eigenvalue weighted by molar-refractivity contribution is -0.120. The lowest BCUT2D eigenvalue weighted by Crippen LogP contribution is -2.29. The van der Waals surface area contributed by atoms with E-state index < -0.39 is 0 Å². The third-order valence-electron chi connectivity index (χ3n) is 2.84. The molecule has 0 radical (unpaired) electrons. The Hall–Kier alpha value is -2.56. The van der Waals surface area contributed by atoms with E-state index in [1.54, 1.807) is 19.5 Å². The van der Waals surface area contributed by atoms with E-state index in [1.165, 1.54) is 0 Å². The molecule has 0 saturated heterocycles. The van der Waals surface area contributed by atoms with Gasteiger partial charge in [-0.05, 0) is 35.9 Å². The molecule has 0 bridgehead atoms. The van der Waals surface area contributed by atoms with Crippen LogP contribution in [0.5, 0.6) is 11.5 Å². The van der Waals surface area contributed by atoms with Crippen LogP contribution in [0.4, 0.5) is 0 Å². The first kappa shape index (κ1) is 14.8. The number of benzene rings is 1. The highest BCUT2D eigenvalue weighted by Crippen LogP contribution is 2.16. The number of carbonyl (C=O) groups excluding carboxylic acids is 1. The molecule has 0 spiro atoms. The van der Waals surface area contributed by atoms with Crippen molar-refractivity contribution in [1.82, 2.24) is 10.3 Å². The van der Waals surface area contributed by atoms with Crippen molar-refractivity contribution in [2.45, 2.75) is 6.42 Å². The number of amides is 1. The Morgan fingerprint density at radius 2 is 1.95 bits per heavy atom. The van der Waals surface area contributed by atoms with Crippen LogP contribution in [-0.2, 0) is 11.2 Å². The van der Waals surface area contributed by atoms with Crippen LogP contribution in [0.2, 0.25) is 0 Å². The number of ether oxygens (including phenoxy) is 2. The summed E-state index contributed by atoms with van der Waals surface area (Å²) in [6.07, 6.45) is 3.70. The maximum atomic E-state index is 11.7. The second-order valence-corrected chi connectivity index (χ2v) is 4.41. The zero-order chi connectivity index (χ0) is 14.9. The summed E-state index contributed by atoms with van der Waals surface area (Å²) in [4.78, 5) is 15.7. The fourth-order valence-corrected chi connectivity index (χ4v) is 1.78. The van der Waals surface area contributed by atoms with Gasteiger partial charge in [0.05, 0.1) is 20.1 Å². The molecule has 1 heterocycles. The van der Waals surface area contributed by atoms with Gasteiger partial charge in [0, 0.05) is 12.4 Å². The number of carbonyl (C=O) groups is 1. The summed E-state index contributed by atoms with van der Waals surface area (Å²) in [5, 5.41) is 2.81. The van der Waals surface area contributed by atoms with Crippen molar-refractivity contribution in [3.05, 3.63) is 54.4 Å². The molecule has 0 unspecified atom stereocenters. The number of hydrogen-bond donors (Lipinski definition) is 1. The SMILES string of the molecule is COc1ccc(OCCNC(=O)Cc2cccnc2)cc1. The molecular weight excluding hydrogens is 268 g/mol. The highest BCUT2D eigenvalue weighted by Gasteiger charge is 2.02. The molecule has 2 aromatic rings. The third-order valence-corrected chi connectivity index (χ3v) is 2.84. The van der Waals surface area contributed by atoms with Gasteiger partial charge in [-0.15, -0.1) is 0 Å². The Labute approximate surface area is 123 Å². The van der Waals surface area contributed by atoms with Crippen LogP contribution in [0.15, 0.2) is 48.8 Å². The van der Waals surface area contributed by atoms with Crippen LogP contribution in [0, 0.1) is 0 Å². The van der Waals surface area contributed by atoms with Crippen LogP contribution < -0.4 is 14.8 Å². The number of methoxy groups -OCH3 is 1. The zero-order valence-corrected chi connectivity index (χ0v) is 11.9. The maximum absolute atomic E-state index is 11.7. The van der Waals surface area contributed by atoms with Gasteiger partial charge in [0.25, 0.3) is 0 Å². The van der Waals surface area contributed by atoms with E-state index in [0.717, 1.165) is 17.1 Å². The van der Waals surface area contributed by atoms with E-state index in [-0.39, 0.29) is 5.91 Å².